The van der Waals surface area contributed by atoms with Gasteiger partial charge < -0.3 is 14.8 Å². The minimum atomic E-state index is -0.533. The number of carbonyl (C=O) groups is 1. The smallest absolute Gasteiger partial charge is 0.295 e. The molecule has 27 heavy (non-hydrogen) atoms. The van der Waals surface area contributed by atoms with Crippen molar-refractivity contribution < 1.29 is 15.0 Å². The molecule has 0 saturated heterocycles. The number of unbranched alkanes of at least 4 members (excludes halogenated alkanes) is 3. The van der Waals surface area contributed by atoms with E-state index < -0.39 is 5.91 Å². The Bertz CT molecular complexity index is 959. The van der Waals surface area contributed by atoms with E-state index in [9.17, 15) is 15.0 Å². The van der Waals surface area contributed by atoms with Crippen LogP contribution in [-0.4, -0.2) is 20.7 Å². The van der Waals surface area contributed by atoms with Crippen molar-refractivity contribution in [3.05, 3.63) is 54.1 Å². The summed E-state index contributed by atoms with van der Waals surface area (Å²) < 4.78 is 1.82. The third-order valence-electron chi connectivity index (χ3n) is 4.51. The highest BCUT2D eigenvalue weighted by molar-refractivity contribution is 5.97. The Kier molecular flexibility index (Phi) is 5.86. The predicted octanol–water partition coefficient (Wildman–Crippen LogP) is 5.56. The molecule has 1 heterocycles. The summed E-state index contributed by atoms with van der Waals surface area (Å²) in [5.74, 6) is -0.434. The van der Waals surface area contributed by atoms with E-state index in [2.05, 4.69) is 17.2 Å². The number of para-hydroxylation sites is 1. The number of aromatic hydroxyl groups is 2. The van der Waals surface area contributed by atoms with E-state index in [4.69, 9.17) is 0 Å². The fourth-order valence-electron chi connectivity index (χ4n) is 3.05. The number of aryl methyl sites for hydroxylation is 1. The number of rotatable bonds is 7. The van der Waals surface area contributed by atoms with Crippen molar-refractivity contribution in [3.8, 4) is 11.6 Å². The summed E-state index contributed by atoms with van der Waals surface area (Å²) in [5.41, 5.74) is 1.49. The van der Waals surface area contributed by atoms with Crippen LogP contribution < -0.4 is 0 Å². The van der Waals surface area contributed by atoms with Crippen LogP contribution in [0.5, 0.6) is 11.6 Å². The van der Waals surface area contributed by atoms with Crippen LogP contribution in [0.15, 0.2) is 58.8 Å². The molecule has 6 heteroatoms. The number of amides is 1. The van der Waals surface area contributed by atoms with Crippen LogP contribution in [0.2, 0.25) is 0 Å². The largest absolute Gasteiger partial charge is 0.508 e. The molecule has 0 spiro atoms. The molecule has 3 aromatic rings. The van der Waals surface area contributed by atoms with Crippen LogP contribution in [0.4, 0.5) is 5.69 Å². The van der Waals surface area contributed by atoms with Crippen LogP contribution in [-0.2, 0) is 6.54 Å². The molecule has 0 unspecified atom stereocenters. The maximum absolute atomic E-state index is 12.2. The molecule has 0 atom stereocenters. The fraction of sp³-hybridized carbons (Fsp3) is 0.286. The van der Waals surface area contributed by atoms with Crippen molar-refractivity contribution in [1.82, 2.24) is 4.57 Å². The molecule has 0 aliphatic heterocycles. The highest BCUT2D eigenvalue weighted by Crippen LogP contribution is 2.39. The standard InChI is InChI=1S/C21H23N3O3/c1-2-3-4-7-14-24-18-9-6-5-8-17(18)19(21(24)27)22-23-20(26)15-10-12-16(25)13-11-15/h5-6,8-13,25,27H,2-4,7,14H2,1H3. The summed E-state index contributed by atoms with van der Waals surface area (Å²) in [6, 6.07) is 13.4. The zero-order valence-corrected chi connectivity index (χ0v) is 15.3. The first-order valence-electron chi connectivity index (χ1n) is 9.17. The van der Waals surface area contributed by atoms with Gasteiger partial charge in [-0.2, -0.15) is 0 Å². The van der Waals surface area contributed by atoms with Crippen molar-refractivity contribution in [2.45, 2.75) is 39.2 Å². The van der Waals surface area contributed by atoms with Gasteiger partial charge in [0.25, 0.3) is 5.91 Å². The van der Waals surface area contributed by atoms with Crippen LogP contribution in [0, 0.1) is 0 Å². The average Bonchev–Trinajstić information content (AvgIpc) is 2.95. The summed E-state index contributed by atoms with van der Waals surface area (Å²) in [6.45, 7) is 2.85. The number of hydrogen-bond acceptors (Lipinski definition) is 4. The van der Waals surface area contributed by atoms with E-state index in [0.717, 1.165) is 36.6 Å². The van der Waals surface area contributed by atoms with Gasteiger partial charge in [0.2, 0.25) is 5.88 Å². The molecule has 0 bridgehead atoms. The predicted molar refractivity (Wildman–Crippen MR) is 105 cm³/mol. The van der Waals surface area contributed by atoms with E-state index in [0.29, 0.717) is 17.8 Å². The van der Waals surface area contributed by atoms with Crippen molar-refractivity contribution in [1.29, 1.82) is 0 Å². The number of fused-ring (bicyclic) bond motifs is 1. The van der Waals surface area contributed by atoms with Gasteiger partial charge in [-0.15, -0.1) is 10.2 Å². The van der Waals surface area contributed by atoms with Crippen LogP contribution in [0.3, 0.4) is 0 Å². The maximum atomic E-state index is 12.2. The quantitative estimate of drug-likeness (QED) is 0.424. The number of aromatic nitrogens is 1. The molecular formula is C21H23N3O3. The van der Waals surface area contributed by atoms with Gasteiger partial charge in [0.15, 0.2) is 5.69 Å². The Morgan fingerprint density at radius 1 is 1.00 bits per heavy atom. The zero-order valence-electron chi connectivity index (χ0n) is 15.3. The van der Waals surface area contributed by atoms with Gasteiger partial charge in [0.1, 0.15) is 5.75 Å². The molecule has 0 fully saturated rings. The topological polar surface area (TPSA) is 87.2 Å². The summed E-state index contributed by atoms with van der Waals surface area (Å²) in [6.07, 6.45) is 4.37. The van der Waals surface area contributed by atoms with Crippen LogP contribution in [0.1, 0.15) is 43.0 Å². The molecule has 6 nitrogen and oxygen atoms in total. The van der Waals surface area contributed by atoms with E-state index in [-0.39, 0.29) is 11.6 Å². The number of carbonyl (C=O) groups excluding carboxylic acids is 1. The van der Waals surface area contributed by atoms with Crippen molar-refractivity contribution >= 4 is 22.5 Å². The number of phenols is 1. The van der Waals surface area contributed by atoms with Gasteiger partial charge >= 0.3 is 0 Å². The second-order valence-electron chi connectivity index (χ2n) is 6.45. The molecule has 3 rings (SSSR count). The molecule has 2 N–H and O–H groups in total. The second kappa shape index (κ2) is 8.49. The lowest BCUT2D eigenvalue weighted by atomic mass is 10.2. The van der Waals surface area contributed by atoms with Gasteiger partial charge in [0, 0.05) is 17.5 Å². The first kappa shape index (κ1) is 18.6. The van der Waals surface area contributed by atoms with Gasteiger partial charge in [-0.3, -0.25) is 4.79 Å². The maximum Gasteiger partial charge on any atom is 0.295 e. The molecule has 0 aliphatic carbocycles. The Labute approximate surface area is 157 Å². The molecule has 2 aromatic carbocycles. The molecule has 1 amide bonds. The van der Waals surface area contributed by atoms with E-state index in [1.165, 1.54) is 24.3 Å². The number of nitrogens with zero attached hydrogens (tertiary/aromatic N) is 3. The monoisotopic (exact) mass is 365 g/mol. The van der Waals surface area contributed by atoms with Crippen molar-refractivity contribution in [2.75, 3.05) is 0 Å². The molecular weight excluding hydrogens is 342 g/mol. The molecule has 0 radical (unpaired) electrons. The average molecular weight is 365 g/mol. The molecule has 140 valence electrons. The van der Waals surface area contributed by atoms with Crippen LogP contribution in [0.25, 0.3) is 10.9 Å². The van der Waals surface area contributed by atoms with E-state index >= 15 is 0 Å². The highest BCUT2D eigenvalue weighted by atomic mass is 16.3. The lowest BCUT2D eigenvalue weighted by Crippen LogP contribution is -1.97. The van der Waals surface area contributed by atoms with Gasteiger partial charge in [0.05, 0.1) is 5.52 Å². The molecule has 0 aliphatic rings. The number of phenolic OH excluding ortho intramolecular Hbond substituents is 1. The Hall–Kier alpha value is -3.15. The zero-order chi connectivity index (χ0) is 19.2. The van der Waals surface area contributed by atoms with Gasteiger partial charge in [-0.05, 0) is 36.8 Å². The number of azo groups is 1. The summed E-state index contributed by atoms with van der Waals surface area (Å²) >= 11 is 0. The molecule has 1 aromatic heterocycles. The van der Waals surface area contributed by atoms with Crippen LogP contribution >= 0.6 is 0 Å². The van der Waals surface area contributed by atoms with Gasteiger partial charge in [-0.1, -0.05) is 44.4 Å². The van der Waals surface area contributed by atoms with E-state index in [1.807, 2.05) is 28.8 Å². The lowest BCUT2D eigenvalue weighted by molar-refractivity contribution is 0.0995. The number of hydrogen-bond donors (Lipinski definition) is 2. The highest BCUT2D eigenvalue weighted by Gasteiger charge is 2.16. The Morgan fingerprint density at radius 3 is 2.48 bits per heavy atom. The Morgan fingerprint density at radius 2 is 1.74 bits per heavy atom. The SMILES string of the molecule is CCCCCCn1c(O)c(N=NC(=O)c2ccc(O)cc2)c2ccccc21. The fourth-order valence-corrected chi connectivity index (χ4v) is 3.05. The van der Waals surface area contributed by atoms with Crippen molar-refractivity contribution in [3.63, 3.8) is 0 Å². The lowest BCUT2D eigenvalue weighted by Gasteiger charge is -2.06. The first-order valence-corrected chi connectivity index (χ1v) is 9.17. The van der Waals surface area contributed by atoms with Crippen molar-refractivity contribution in [2.24, 2.45) is 10.2 Å². The minimum absolute atomic E-state index is 0.0231. The third-order valence-corrected chi connectivity index (χ3v) is 4.51. The second-order valence-corrected chi connectivity index (χ2v) is 6.45. The molecule has 0 saturated carbocycles. The van der Waals surface area contributed by atoms with E-state index in [1.54, 1.807) is 0 Å². The normalized spacial score (nSPS) is 11.4. The van der Waals surface area contributed by atoms with Gasteiger partial charge in [-0.25, -0.2) is 0 Å². The summed E-state index contributed by atoms with van der Waals surface area (Å²) in [5, 5.41) is 28.5. The Balaban J connectivity index is 1.88. The first-order chi connectivity index (χ1) is 13.1. The summed E-state index contributed by atoms with van der Waals surface area (Å²) in [7, 11) is 0. The number of benzene rings is 2. The summed E-state index contributed by atoms with van der Waals surface area (Å²) in [4.78, 5) is 12.2. The minimum Gasteiger partial charge on any atom is -0.508 e. The third kappa shape index (κ3) is 4.16.